The summed E-state index contributed by atoms with van der Waals surface area (Å²) in [4.78, 5) is 7.02. The number of furan rings is 1. The molecule has 0 saturated carbocycles. The summed E-state index contributed by atoms with van der Waals surface area (Å²) < 4.78 is 7.90. The number of fused-ring (bicyclic) bond motifs is 1. The van der Waals surface area contributed by atoms with Crippen LogP contribution >= 0.6 is 0 Å². The summed E-state index contributed by atoms with van der Waals surface area (Å²) >= 11 is 0. The smallest absolute Gasteiger partial charge is 0.203 e. The van der Waals surface area contributed by atoms with Gasteiger partial charge in [-0.2, -0.15) is 5.26 Å². The maximum Gasteiger partial charge on any atom is 0.203 e. The van der Waals surface area contributed by atoms with Gasteiger partial charge in [-0.15, -0.1) is 0 Å². The van der Waals surface area contributed by atoms with Crippen molar-refractivity contribution in [3.63, 3.8) is 0 Å². The lowest BCUT2D eigenvalue weighted by Gasteiger charge is -2.19. The van der Waals surface area contributed by atoms with Gasteiger partial charge in [-0.1, -0.05) is 0 Å². The van der Waals surface area contributed by atoms with E-state index in [0.717, 1.165) is 38.2 Å². The predicted octanol–water partition coefficient (Wildman–Crippen LogP) is 2.67. The molecule has 1 atom stereocenters. The molecule has 2 aliphatic rings. The number of likely N-dealkylation sites (tertiary alicyclic amines) is 1. The standard InChI is InChI=1S/C17H20N4O/c18-9-14-5-6-15(22-14)11-20-8-7-13(10-20)21-12-19-16-3-1-2-4-17(16)21/h5-6,12-13H,1-4,7-8,10-11H2/t13-/m1/s1. The largest absolute Gasteiger partial charge is 0.449 e. The molecule has 0 bridgehead atoms. The molecule has 2 aromatic rings. The highest BCUT2D eigenvalue weighted by atomic mass is 16.3. The second kappa shape index (κ2) is 5.62. The summed E-state index contributed by atoms with van der Waals surface area (Å²) in [6, 6.07) is 6.22. The van der Waals surface area contributed by atoms with E-state index >= 15 is 0 Å². The van der Waals surface area contributed by atoms with Gasteiger partial charge in [0.1, 0.15) is 11.8 Å². The zero-order chi connectivity index (χ0) is 14.9. The molecule has 1 aliphatic heterocycles. The summed E-state index contributed by atoms with van der Waals surface area (Å²) in [5.74, 6) is 1.28. The van der Waals surface area contributed by atoms with E-state index < -0.39 is 0 Å². The fourth-order valence-electron chi connectivity index (χ4n) is 3.73. The molecule has 1 aliphatic carbocycles. The van der Waals surface area contributed by atoms with Crippen LogP contribution in [0.2, 0.25) is 0 Å². The number of rotatable bonds is 3. The number of imidazole rings is 1. The Hall–Kier alpha value is -2.06. The van der Waals surface area contributed by atoms with Gasteiger partial charge in [0.25, 0.3) is 0 Å². The molecule has 0 N–H and O–H groups in total. The Morgan fingerprint density at radius 3 is 3.09 bits per heavy atom. The zero-order valence-corrected chi connectivity index (χ0v) is 12.7. The van der Waals surface area contributed by atoms with Gasteiger partial charge in [0.15, 0.2) is 0 Å². The van der Waals surface area contributed by atoms with Gasteiger partial charge in [-0.3, -0.25) is 4.90 Å². The van der Waals surface area contributed by atoms with Gasteiger partial charge in [0.05, 0.1) is 18.6 Å². The second-order valence-corrected chi connectivity index (χ2v) is 6.31. The average Bonchev–Trinajstić information content (AvgIpc) is 3.26. The van der Waals surface area contributed by atoms with Gasteiger partial charge in [0.2, 0.25) is 5.76 Å². The van der Waals surface area contributed by atoms with E-state index in [1.807, 2.05) is 18.5 Å². The zero-order valence-electron chi connectivity index (χ0n) is 12.7. The van der Waals surface area contributed by atoms with Crippen LogP contribution in [0.1, 0.15) is 48.2 Å². The summed E-state index contributed by atoms with van der Waals surface area (Å²) in [5.41, 5.74) is 2.78. The lowest BCUT2D eigenvalue weighted by atomic mass is 10.0. The van der Waals surface area contributed by atoms with Crippen molar-refractivity contribution in [2.45, 2.75) is 44.7 Å². The number of hydrogen-bond donors (Lipinski definition) is 0. The van der Waals surface area contributed by atoms with E-state index in [1.165, 1.54) is 30.7 Å². The van der Waals surface area contributed by atoms with E-state index in [2.05, 4.69) is 14.5 Å². The molecule has 0 radical (unpaired) electrons. The van der Waals surface area contributed by atoms with Gasteiger partial charge in [-0.05, 0) is 44.2 Å². The average molecular weight is 296 g/mol. The van der Waals surface area contributed by atoms with Gasteiger partial charge >= 0.3 is 0 Å². The molecular formula is C17H20N4O. The van der Waals surface area contributed by atoms with Crippen molar-refractivity contribution in [1.82, 2.24) is 14.5 Å². The van der Waals surface area contributed by atoms with Crippen molar-refractivity contribution in [2.75, 3.05) is 13.1 Å². The molecule has 0 spiro atoms. The van der Waals surface area contributed by atoms with Crippen LogP contribution in [0, 0.1) is 11.3 Å². The van der Waals surface area contributed by atoms with Crippen molar-refractivity contribution in [3.8, 4) is 6.07 Å². The first kappa shape index (κ1) is 13.6. The third kappa shape index (κ3) is 2.44. The van der Waals surface area contributed by atoms with Crippen LogP contribution in [-0.4, -0.2) is 27.5 Å². The highest BCUT2D eigenvalue weighted by Crippen LogP contribution is 2.29. The molecule has 3 heterocycles. The second-order valence-electron chi connectivity index (χ2n) is 6.31. The molecule has 2 aromatic heterocycles. The Kier molecular flexibility index (Phi) is 3.47. The van der Waals surface area contributed by atoms with Crippen molar-refractivity contribution in [2.24, 2.45) is 0 Å². The molecule has 0 amide bonds. The fourth-order valence-corrected chi connectivity index (χ4v) is 3.73. The van der Waals surface area contributed by atoms with Crippen molar-refractivity contribution in [1.29, 1.82) is 5.26 Å². The monoisotopic (exact) mass is 296 g/mol. The summed E-state index contributed by atoms with van der Waals surface area (Å²) in [5, 5.41) is 8.82. The highest BCUT2D eigenvalue weighted by Gasteiger charge is 2.27. The first-order chi connectivity index (χ1) is 10.8. The third-order valence-corrected chi connectivity index (χ3v) is 4.85. The fraction of sp³-hybridized carbons (Fsp3) is 0.529. The van der Waals surface area contributed by atoms with Crippen LogP contribution in [0.4, 0.5) is 0 Å². The van der Waals surface area contributed by atoms with Crippen molar-refractivity contribution >= 4 is 0 Å². The molecule has 5 nitrogen and oxygen atoms in total. The summed E-state index contributed by atoms with van der Waals surface area (Å²) in [7, 11) is 0. The topological polar surface area (TPSA) is 58.0 Å². The number of aryl methyl sites for hydroxylation is 1. The highest BCUT2D eigenvalue weighted by molar-refractivity contribution is 5.19. The van der Waals surface area contributed by atoms with Gasteiger partial charge in [-0.25, -0.2) is 4.98 Å². The van der Waals surface area contributed by atoms with E-state index in [-0.39, 0.29) is 0 Å². The van der Waals surface area contributed by atoms with Crippen LogP contribution in [0.3, 0.4) is 0 Å². The van der Waals surface area contributed by atoms with Gasteiger partial charge in [0, 0.05) is 24.8 Å². The molecule has 0 aromatic carbocycles. The number of nitrogens with zero attached hydrogens (tertiary/aromatic N) is 4. The van der Waals surface area contributed by atoms with Crippen molar-refractivity contribution < 1.29 is 4.42 Å². The normalized spacial score (nSPS) is 21.7. The van der Waals surface area contributed by atoms with E-state index in [4.69, 9.17) is 9.68 Å². The Morgan fingerprint density at radius 1 is 1.32 bits per heavy atom. The molecule has 5 heteroatoms. The number of nitriles is 1. The Bertz CT molecular complexity index is 709. The molecule has 4 rings (SSSR count). The molecule has 22 heavy (non-hydrogen) atoms. The first-order valence-corrected chi connectivity index (χ1v) is 8.09. The van der Waals surface area contributed by atoms with Crippen LogP contribution in [0.15, 0.2) is 22.9 Å². The van der Waals surface area contributed by atoms with Crippen LogP contribution in [0.5, 0.6) is 0 Å². The minimum Gasteiger partial charge on any atom is -0.449 e. The molecule has 1 saturated heterocycles. The SMILES string of the molecule is N#Cc1ccc(CN2CC[C@@H](n3cnc4c3CCCC4)C2)o1. The van der Waals surface area contributed by atoms with Gasteiger partial charge < -0.3 is 8.98 Å². The van der Waals surface area contributed by atoms with E-state index in [0.29, 0.717) is 11.8 Å². The Balaban J connectivity index is 1.44. The molecule has 1 fully saturated rings. The van der Waals surface area contributed by atoms with Crippen LogP contribution < -0.4 is 0 Å². The molecule has 114 valence electrons. The van der Waals surface area contributed by atoms with E-state index in [1.54, 1.807) is 6.07 Å². The minimum atomic E-state index is 0.398. The first-order valence-electron chi connectivity index (χ1n) is 8.09. The third-order valence-electron chi connectivity index (χ3n) is 4.85. The lowest BCUT2D eigenvalue weighted by molar-refractivity contribution is 0.284. The number of hydrogen-bond acceptors (Lipinski definition) is 4. The summed E-state index contributed by atoms with van der Waals surface area (Å²) in [6.07, 6.45) is 8.09. The lowest BCUT2D eigenvalue weighted by Crippen LogP contribution is -2.21. The molecule has 0 unspecified atom stereocenters. The minimum absolute atomic E-state index is 0.398. The number of aromatic nitrogens is 2. The van der Waals surface area contributed by atoms with Crippen LogP contribution in [0.25, 0.3) is 0 Å². The maximum atomic E-state index is 8.82. The molecular weight excluding hydrogens is 276 g/mol. The summed E-state index contributed by atoms with van der Waals surface area (Å²) in [6.45, 7) is 2.89. The van der Waals surface area contributed by atoms with E-state index in [9.17, 15) is 0 Å². The Morgan fingerprint density at radius 2 is 2.23 bits per heavy atom. The maximum absolute atomic E-state index is 8.82. The van der Waals surface area contributed by atoms with Crippen LogP contribution in [-0.2, 0) is 19.4 Å². The quantitative estimate of drug-likeness (QED) is 0.873. The van der Waals surface area contributed by atoms with Crippen molar-refractivity contribution in [3.05, 3.63) is 41.4 Å². The predicted molar refractivity (Wildman–Crippen MR) is 81.2 cm³/mol. The Labute approximate surface area is 130 Å².